The maximum absolute atomic E-state index is 11.8. The number of aryl methyl sites for hydroxylation is 1. The summed E-state index contributed by atoms with van der Waals surface area (Å²) in [6.07, 6.45) is 4.15. The Kier molecular flexibility index (Phi) is 3.81. The smallest absolute Gasteiger partial charge is 0.250 e. The lowest BCUT2D eigenvalue weighted by molar-refractivity contribution is 0.419. The Morgan fingerprint density at radius 3 is 2.55 bits per heavy atom. The zero-order chi connectivity index (χ0) is 15.7. The van der Waals surface area contributed by atoms with Gasteiger partial charge in [0, 0.05) is 43.5 Å². The predicted molar refractivity (Wildman–Crippen MR) is 91.4 cm³/mol. The maximum Gasteiger partial charge on any atom is 0.250 e. The van der Waals surface area contributed by atoms with Gasteiger partial charge in [-0.05, 0) is 36.1 Å². The van der Waals surface area contributed by atoms with Crippen LogP contribution in [0.15, 0.2) is 47.4 Å². The quantitative estimate of drug-likeness (QED) is 0.863. The lowest BCUT2D eigenvalue weighted by Crippen LogP contribution is -2.32. The third kappa shape index (κ3) is 2.35. The summed E-state index contributed by atoms with van der Waals surface area (Å²) in [6, 6.07) is 12.5. The van der Waals surface area contributed by atoms with Gasteiger partial charge in [-0.1, -0.05) is 32.0 Å². The highest BCUT2D eigenvalue weighted by Gasteiger charge is 2.39. The average molecular weight is 296 g/mol. The zero-order valence-electron chi connectivity index (χ0n) is 13.7. The van der Waals surface area contributed by atoms with Crippen LogP contribution < -0.4 is 10.5 Å². The van der Waals surface area contributed by atoms with Crippen molar-refractivity contribution in [3.05, 3.63) is 64.1 Å². The minimum atomic E-state index is 0.0576. The van der Waals surface area contributed by atoms with Crippen LogP contribution in [-0.4, -0.2) is 11.1 Å². The van der Waals surface area contributed by atoms with E-state index in [2.05, 4.69) is 43.0 Å². The number of hydrogen-bond donors (Lipinski definition) is 0. The van der Waals surface area contributed by atoms with Gasteiger partial charge < -0.3 is 9.47 Å². The molecule has 0 bridgehead atoms. The number of pyridine rings is 1. The molecule has 1 aromatic carbocycles. The van der Waals surface area contributed by atoms with E-state index in [0.29, 0.717) is 0 Å². The second-order valence-corrected chi connectivity index (χ2v) is 6.34. The third-order valence-electron chi connectivity index (χ3n) is 5.21. The van der Waals surface area contributed by atoms with E-state index in [-0.39, 0.29) is 11.0 Å². The highest BCUT2D eigenvalue weighted by Crippen LogP contribution is 2.45. The van der Waals surface area contributed by atoms with E-state index in [1.165, 1.54) is 11.3 Å². The summed E-state index contributed by atoms with van der Waals surface area (Å²) in [7, 11) is 1.79. The second-order valence-electron chi connectivity index (χ2n) is 6.34. The minimum Gasteiger partial charge on any atom is -0.366 e. The Hall–Kier alpha value is -2.03. The van der Waals surface area contributed by atoms with Crippen LogP contribution in [0.2, 0.25) is 0 Å². The molecular formula is C19H24N2O. The normalized spacial score (nSPS) is 15.9. The first-order valence-electron chi connectivity index (χ1n) is 8.09. The molecular weight excluding hydrogens is 272 g/mol. The Balaban J connectivity index is 1.95. The summed E-state index contributed by atoms with van der Waals surface area (Å²) in [5, 5.41) is 0. The summed E-state index contributed by atoms with van der Waals surface area (Å²) in [5.41, 5.74) is 4.18. The molecule has 116 valence electrons. The number of anilines is 1. The monoisotopic (exact) mass is 296 g/mol. The number of rotatable bonds is 4. The van der Waals surface area contributed by atoms with Gasteiger partial charge >= 0.3 is 0 Å². The molecule has 0 amide bonds. The van der Waals surface area contributed by atoms with Gasteiger partial charge in [0.05, 0.1) is 0 Å². The van der Waals surface area contributed by atoms with Gasteiger partial charge in [0.25, 0.3) is 5.56 Å². The van der Waals surface area contributed by atoms with Gasteiger partial charge in [0.1, 0.15) is 0 Å². The van der Waals surface area contributed by atoms with Crippen molar-refractivity contribution in [1.82, 2.24) is 4.57 Å². The van der Waals surface area contributed by atoms with Crippen LogP contribution in [0.3, 0.4) is 0 Å². The summed E-state index contributed by atoms with van der Waals surface area (Å²) in [6.45, 7) is 6.40. The molecule has 0 radical (unpaired) electrons. The SMILES string of the molecule is CCC1(CC)CN(Cc2ccn(C)c(=O)c2)c2ccccc21. The molecule has 0 saturated heterocycles. The summed E-state index contributed by atoms with van der Waals surface area (Å²) >= 11 is 0. The fourth-order valence-corrected chi connectivity index (χ4v) is 3.64. The Morgan fingerprint density at radius 2 is 1.86 bits per heavy atom. The molecule has 0 aliphatic carbocycles. The highest BCUT2D eigenvalue weighted by atomic mass is 16.1. The molecule has 3 nitrogen and oxygen atoms in total. The van der Waals surface area contributed by atoms with Crippen LogP contribution in [0.25, 0.3) is 0 Å². The summed E-state index contributed by atoms with van der Waals surface area (Å²) in [4.78, 5) is 14.3. The summed E-state index contributed by atoms with van der Waals surface area (Å²) in [5.74, 6) is 0. The van der Waals surface area contributed by atoms with Crippen LogP contribution in [0, 0.1) is 0 Å². The molecule has 2 heterocycles. The molecule has 1 aliphatic heterocycles. The molecule has 0 atom stereocenters. The number of nitrogens with zero attached hydrogens (tertiary/aromatic N) is 2. The molecule has 3 heteroatoms. The van der Waals surface area contributed by atoms with Gasteiger partial charge in [0.2, 0.25) is 0 Å². The number of para-hydroxylation sites is 1. The number of aromatic nitrogens is 1. The van der Waals surface area contributed by atoms with Gasteiger partial charge in [-0.25, -0.2) is 0 Å². The topological polar surface area (TPSA) is 25.2 Å². The van der Waals surface area contributed by atoms with Crippen molar-refractivity contribution in [2.45, 2.75) is 38.6 Å². The standard InChI is InChI=1S/C19H24N2O/c1-4-19(5-2)14-21(17-9-7-6-8-16(17)19)13-15-10-11-20(3)18(22)12-15/h6-12H,4-5,13-14H2,1-3H3. The Labute approximate surface area is 132 Å². The van der Waals surface area contributed by atoms with Crippen molar-refractivity contribution in [2.75, 3.05) is 11.4 Å². The van der Waals surface area contributed by atoms with Crippen molar-refractivity contribution >= 4 is 5.69 Å². The summed E-state index contributed by atoms with van der Waals surface area (Å²) < 4.78 is 1.61. The van der Waals surface area contributed by atoms with E-state index >= 15 is 0 Å². The molecule has 0 fully saturated rings. The lowest BCUT2D eigenvalue weighted by atomic mass is 9.78. The van der Waals surface area contributed by atoms with Crippen LogP contribution in [0.5, 0.6) is 0 Å². The molecule has 3 rings (SSSR count). The van der Waals surface area contributed by atoms with Crippen molar-refractivity contribution in [2.24, 2.45) is 7.05 Å². The Morgan fingerprint density at radius 1 is 1.14 bits per heavy atom. The first kappa shape index (κ1) is 14.9. The van der Waals surface area contributed by atoms with E-state index in [1.807, 2.05) is 12.3 Å². The number of hydrogen-bond acceptors (Lipinski definition) is 2. The first-order valence-corrected chi connectivity index (χ1v) is 8.09. The molecule has 0 spiro atoms. The maximum atomic E-state index is 11.8. The highest BCUT2D eigenvalue weighted by molar-refractivity contribution is 5.62. The van der Waals surface area contributed by atoms with Gasteiger partial charge in [-0.3, -0.25) is 4.79 Å². The number of fused-ring (bicyclic) bond motifs is 1. The Bertz CT molecular complexity index is 728. The van der Waals surface area contributed by atoms with Crippen molar-refractivity contribution < 1.29 is 0 Å². The van der Waals surface area contributed by atoms with E-state index < -0.39 is 0 Å². The van der Waals surface area contributed by atoms with E-state index in [0.717, 1.165) is 31.5 Å². The lowest BCUT2D eigenvalue weighted by Gasteiger charge is -2.28. The third-order valence-corrected chi connectivity index (χ3v) is 5.21. The molecule has 22 heavy (non-hydrogen) atoms. The average Bonchev–Trinajstić information content (AvgIpc) is 2.86. The van der Waals surface area contributed by atoms with E-state index in [9.17, 15) is 4.79 Å². The second kappa shape index (κ2) is 5.64. The first-order chi connectivity index (χ1) is 10.6. The van der Waals surface area contributed by atoms with Crippen LogP contribution in [0.1, 0.15) is 37.8 Å². The van der Waals surface area contributed by atoms with Crippen molar-refractivity contribution in [3.63, 3.8) is 0 Å². The van der Waals surface area contributed by atoms with E-state index in [1.54, 1.807) is 17.7 Å². The zero-order valence-corrected chi connectivity index (χ0v) is 13.7. The van der Waals surface area contributed by atoms with Crippen LogP contribution in [-0.2, 0) is 19.0 Å². The van der Waals surface area contributed by atoms with Crippen LogP contribution >= 0.6 is 0 Å². The van der Waals surface area contributed by atoms with Gasteiger partial charge in [-0.2, -0.15) is 0 Å². The van der Waals surface area contributed by atoms with Crippen molar-refractivity contribution in [3.8, 4) is 0 Å². The predicted octanol–water partition coefficient (Wildman–Crippen LogP) is 3.46. The van der Waals surface area contributed by atoms with E-state index in [4.69, 9.17) is 0 Å². The van der Waals surface area contributed by atoms with Crippen molar-refractivity contribution in [1.29, 1.82) is 0 Å². The molecule has 1 aromatic heterocycles. The van der Waals surface area contributed by atoms with Gasteiger partial charge in [0.15, 0.2) is 0 Å². The molecule has 2 aromatic rings. The van der Waals surface area contributed by atoms with Gasteiger partial charge in [-0.15, -0.1) is 0 Å². The fraction of sp³-hybridized carbons (Fsp3) is 0.421. The number of benzene rings is 1. The molecule has 0 N–H and O–H groups in total. The molecule has 1 aliphatic rings. The molecule has 0 saturated carbocycles. The fourth-order valence-electron chi connectivity index (χ4n) is 3.64. The minimum absolute atomic E-state index is 0.0576. The molecule has 0 unspecified atom stereocenters. The van der Waals surface area contributed by atoms with Crippen LogP contribution in [0.4, 0.5) is 5.69 Å². The largest absolute Gasteiger partial charge is 0.366 e.